The smallest absolute Gasteiger partial charge is 0.143 e. The van der Waals surface area contributed by atoms with Gasteiger partial charge >= 0.3 is 0 Å². The molecule has 0 atom stereocenters. The van der Waals surface area contributed by atoms with Crippen LogP contribution in [0.3, 0.4) is 0 Å². The fourth-order valence-electron chi connectivity index (χ4n) is 2.85. The van der Waals surface area contributed by atoms with Crippen LogP contribution in [0.15, 0.2) is 30.6 Å². The van der Waals surface area contributed by atoms with E-state index in [1.165, 1.54) is 12.8 Å². The van der Waals surface area contributed by atoms with Gasteiger partial charge in [0.25, 0.3) is 0 Å². The molecular formula is C15H22N6. The fourth-order valence-corrected chi connectivity index (χ4v) is 2.85. The van der Waals surface area contributed by atoms with Gasteiger partial charge in [0.2, 0.25) is 0 Å². The largest absolute Gasteiger partial charge is 0.380 e. The minimum Gasteiger partial charge on any atom is -0.380 e. The topological polar surface area (TPSA) is 58.9 Å². The summed E-state index contributed by atoms with van der Waals surface area (Å²) in [7, 11) is 0. The van der Waals surface area contributed by atoms with E-state index in [0.717, 1.165) is 24.5 Å². The molecule has 1 aromatic carbocycles. The van der Waals surface area contributed by atoms with Crippen LogP contribution in [0, 0.1) is 0 Å². The van der Waals surface area contributed by atoms with Gasteiger partial charge in [0, 0.05) is 25.2 Å². The Morgan fingerprint density at radius 2 is 1.95 bits per heavy atom. The highest BCUT2D eigenvalue weighted by atomic mass is 15.5. The van der Waals surface area contributed by atoms with Gasteiger partial charge in [-0.1, -0.05) is 12.1 Å². The fraction of sp³-hybridized carbons (Fsp3) is 0.533. The summed E-state index contributed by atoms with van der Waals surface area (Å²) in [5.41, 5.74) is 2.08. The Labute approximate surface area is 125 Å². The van der Waals surface area contributed by atoms with Gasteiger partial charge in [-0.2, -0.15) is 4.68 Å². The second kappa shape index (κ2) is 6.22. The van der Waals surface area contributed by atoms with Crippen LogP contribution in [0.4, 0.5) is 5.69 Å². The summed E-state index contributed by atoms with van der Waals surface area (Å²) in [5, 5.41) is 15.1. The lowest BCUT2D eigenvalue weighted by atomic mass is 10.0. The zero-order chi connectivity index (χ0) is 14.7. The number of tetrazole rings is 1. The molecule has 1 aliphatic rings. The molecule has 6 heteroatoms. The van der Waals surface area contributed by atoms with E-state index in [-0.39, 0.29) is 0 Å². The monoisotopic (exact) mass is 286 g/mol. The van der Waals surface area contributed by atoms with Crippen molar-refractivity contribution in [2.75, 3.05) is 18.4 Å². The van der Waals surface area contributed by atoms with Gasteiger partial charge in [0.15, 0.2) is 0 Å². The van der Waals surface area contributed by atoms with Crippen LogP contribution >= 0.6 is 0 Å². The molecule has 1 saturated heterocycles. The van der Waals surface area contributed by atoms with Crippen molar-refractivity contribution in [3.8, 4) is 5.69 Å². The predicted octanol–water partition coefficient (Wildman–Crippen LogP) is 1.95. The molecule has 1 aromatic heterocycles. The standard InChI is InChI=1S/C15H22N6/c1-12(2)20-9-7-13(8-10-20)17-14-5-3-4-6-15(14)21-11-16-18-19-21/h3-6,11-13,17H,7-10H2,1-2H3. The zero-order valence-electron chi connectivity index (χ0n) is 12.6. The minimum absolute atomic E-state index is 0.512. The van der Waals surface area contributed by atoms with Gasteiger partial charge < -0.3 is 10.2 Å². The van der Waals surface area contributed by atoms with Crippen LogP contribution in [-0.4, -0.2) is 50.3 Å². The molecule has 21 heavy (non-hydrogen) atoms. The number of aromatic nitrogens is 4. The number of para-hydroxylation sites is 2. The first-order chi connectivity index (χ1) is 10.2. The van der Waals surface area contributed by atoms with Gasteiger partial charge in [-0.3, -0.25) is 0 Å². The van der Waals surface area contributed by atoms with Crippen LogP contribution in [0.1, 0.15) is 26.7 Å². The third-order valence-corrected chi connectivity index (χ3v) is 4.12. The van der Waals surface area contributed by atoms with Gasteiger partial charge in [-0.15, -0.1) is 5.10 Å². The van der Waals surface area contributed by atoms with Crippen LogP contribution in [0.5, 0.6) is 0 Å². The number of nitrogens with one attached hydrogen (secondary N) is 1. The van der Waals surface area contributed by atoms with Crippen LogP contribution < -0.4 is 5.32 Å². The maximum Gasteiger partial charge on any atom is 0.143 e. The Hall–Kier alpha value is -1.95. The molecule has 112 valence electrons. The van der Waals surface area contributed by atoms with Gasteiger partial charge in [0.05, 0.1) is 11.4 Å². The van der Waals surface area contributed by atoms with Crippen molar-refractivity contribution in [3.63, 3.8) is 0 Å². The molecule has 6 nitrogen and oxygen atoms in total. The lowest BCUT2D eigenvalue weighted by molar-refractivity contribution is 0.177. The van der Waals surface area contributed by atoms with Gasteiger partial charge in [0.1, 0.15) is 6.33 Å². The first kappa shape index (κ1) is 14.0. The van der Waals surface area contributed by atoms with E-state index in [4.69, 9.17) is 0 Å². The molecule has 1 fully saturated rings. The van der Waals surface area contributed by atoms with Crippen molar-refractivity contribution in [2.45, 2.75) is 38.8 Å². The summed E-state index contributed by atoms with van der Waals surface area (Å²) in [4.78, 5) is 2.53. The van der Waals surface area contributed by atoms with Crippen molar-refractivity contribution < 1.29 is 0 Å². The van der Waals surface area contributed by atoms with Crippen LogP contribution in [0.25, 0.3) is 5.69 Å². The SMILES string of the molecule is CC(C)N1CCC(Nc2ccccc2-n2cnnn2)CC1. The highest BCUT2D eigenvalue weighted by Gasteiger charge is 2.21. The number of nitrogens with zero attached hydrogens (tertiary/aromatic N) is 5. The molecule has 0 spiro atoms. The van der Waals surface area contributed by atoms with Crippen molar-refractivity contribution in [1.29, 1.82) is 0 Å². The number of anilines is 1. The Morgan fingerprint density at radius 1 is 1.19 bits per heavy atom. The van der Waals surface area contributed by atoms with Crippen molar-refractivity contribution in [1.82, 2.24) is 25.1 Å². The van der Waals surface area contributed by atoms with Crippen LogP contribution in [0.2, 0.25) is 0 Å². The Bertz CT molecular complexity index is 557. The van der Waals surface area contributed by atoms with Crippen LogP contribution in [-0.2, 0) is 0 Å². The van der Waals surface area contributed by atoms with Gasteiger partial charge in [-0.25, -0.2) is 0 Å². The maximum atomic E-state index is 3.98. The first-order valence-corrected chi connectivity index (χ1v) is 7.57. The second-order valence-electron chi connectivity index (χ2n) is 5.82. The Kier molecular flexibility index (Phi) is 4.15. The molecule has 0 unspecified atom stereocenters. The average molecular weight is 286 g/mol. The number of likely N-dealkylation sites (tertiary alicyclic amines) is 1. The van der Waals surface area contributed by atoms with E-state index in [1.807, 2.05) is 18.2 Å². The minimum atomic E-state index is 0.512. The maximum absolute atomic E-state index is 3.98. The second-order valence-corrected chi connectivity index (χ2v) is 5.82. The third-order valence-electron chi connectivity index (χ3n) is 4.12. The molecule has 0 saturated carbocycles. The van der Waals surface area contributed by atoms with Crippen molar-refractivity contribution in [3.05, 3.63) is 30.6 Å². The van der Waals surface area contributed by atoms with Crippen molar-refractivity contribution >= 4 is 5.69 Å². The Morgan fingerprint density at radius 3 is 2.62 bits per heavy atom. The number of hydrogen-bond acceptors (Lipinski definition) is 5. The molecule has 0 amide bonds. The summed E-state index contributed by atoms with van der Waals surface area (Å²) < 4.78 is 1.70. The first-order valence-electron chi connectivity index (χ1n) is 7.57. The summed E-state index contributed by atoms with van der Waals surface area (Å²) >= 11 is 0. The normalized spacial score (nSPS) is 17.3. The van der Waals surface area contributed by atoms with E-state index in [9.17, 15) is 0 Å². The summed E-state index contributed by atoms with van der Waals surface area (Å²) in [6, 6.07) is 9.31. The molecule has 2 aromatic rings. The molecule has 0 radical (unpaired) electrons. The molecule has 0 aliphatic carbocycles. The lowest BCUT2D eigenvalue weighted by Gasteiger charge is -2.35. The van der Waals surface area contributed by atoms with E-state index < -0.39 is 0 Å². The number of benzene rings is 1. The molecule has 0 bridgehead atoms. The van der Waals surface area contributed by atoms with E-state index in [0.29, 0.717) is 12.1 Å². The third kappa shape index (κ3) is 3.21. The van der Waals surface area contributed by atoms with E-state index in [2.05, 4.69) is 45.7 Å². The average Bonchev–Trinajstić information content (AvgIpc) is 3.02. The lowest BCUT2D eigenvalue weighted by Crippen LogP contribution is -2.42. The Balaban J connectivity index is 1.69. The molecule has 2 heterocycles. The van der Waals surface area contributed by atoms with E-state index >= 15 is 0 Å². The number of rotatable bonds is 4. The summed E-state index contributed by atoms with van der Waals surface area (Å²) in [6.45, 7) is 6.84. The number of piperidine rings is 1. The quantitative estimate of drug-likeness (QED) is 0.931. The predicted molar refractivity (Wildman–Crippen MR) is 82.5 cm³/mol. The molecule has 1 N–H and O–H groups in total. The van der Waals surface area contributed by atoms with Crippen molar-refractivity contribution in [2.24, 2.45) is 0 Å². The highest BCUT2D eigenvalue weighted by Crippen LogP contribution is 2.23. The van der Waals surface area contributed by atoms with E-state index in [1.54, 1.807) is 11.0 Å². The molecular weight excluding hydrogens is 264 g/mol. The number of hydrogen-bond donors (Lipinski definition) is 1. The zero-order valence-corrected chi connectivity index (χ0v) is 12.6. The summed E-state index contributed by atoms with van der Waals surface area (Å²) in [6.07, 6.45) is 3.96. The van der Waals surface area contributed by atoms with Gasteiger partial charge in [-0.05, 0) is 49.2 Å². The molecule has 1 aliphatic heterocycles. The summed E-state index contributed by atoms with van der Waals surface area (Å²) in [5.74, 6) is 0. The highest BCUT2D eigenvalue weighted by molar-refractivity contribution is 5.60. The molecule has 3 rings (SSSR count).